The van der Waals surface area contributed by atoms with Crippen molar-refractivity contribution in [3.63, 3.8) is 0 Å². The number of aromatic nitrogens is 2. The molecule has 0 spiro atoms. The number of aryl methyl sites for hydroxylation is 1. The molecule has 1 aromatic carbocycles. The number of furan rings is 1. The van der Waals surface area contributed by atoms with Crippen molar-refractivity contribution in [3.8, 4) is 11.6 Å². The molecule has 0 radical (unpaired) electrons. The fraction of sp³-hybridized carbons (Fsp3) is 0.154. The molecule has 0 fully saturated rings. The molecule has 0 saturated carbocycles. The molecular weight excluding hydrogens is 216 g/mol. The lowest BCUT2D eigenvalue weighted by molar-refractivity contribution is 0.248. The Balaban J connectivity index is 2.11. The quantitative estimate of drug-likeness (QED) is 0.708. The summed E-state index contributed by atoms with van der Waals surface area (Å²) in [6.07, 6.45) is 0. The minimum absolute atomic E-state index is 0.0979. The van der Waals surface area contributed by atoms with Crippen molar-refractivity contribution in [2.45, 2.75) is 13.5 Å². The Morgan fingerprint density at radius 2 is 2.18 bits per heavy atom. The Labute approximate surface area is 97.9 Å². The van der Waals surface area contributed by atoms with Crippen LogP contribution in [0.5, 0.6) is 0 Å². The largest absolute Gasteiger partial charge is 0.455 e. The lowest BCUT2D eigenvalue weighted by atomic mass is 10.2. The maximum Gasteiger partial charge on any atom is 0.174 e. The third-order valence-corrected chi connectivity index (χ3v) is 2.69. The predicted octanol–water partition coefficient (Wildman–Crippen LogP) is 2.62. The molecule has 0 bridgehead atoms. The Morgan fingerprint density at radius 3 is 2.94 bits per heavy atom. The minimum Gasteiger partial charge on any atom is -0.455 e. The van der Waals surface area contributed by atoms with E-state index in [1.54, 1.807) is 12.1 Å². The molecule has 2 heterocycles. The predicted molar refractivity (Wildman–Crippen MR) is 64.5 cm³/mol. The zero-order valence-corrected chi connectivity index (χ0v) is 9.40. The number of fused-ring (bicyclic) bond motifs is 1. The van der Waals surface area contributed by atoms with Gasteiger partial charge in [-0.2, -0.15) is 0 Å². The summed E-state index contributed by atoms with van der Waals surface area (Å²) < 4.78 is 5.43. The summed E-state index contributed by atoms with van der Waals surface area (Å²) >= 11 is 0. The maximum atomic E-state index is 8.95. The summed E-state index contributed by atoms with van der Waals surface area (Å²) in [6.45, 7) is 1.94. The maximum absolute atomic E-state index is 8.95. The van der Waals surface area contributed by atoms with E-state index in [9.17, 15) is 0 Å². The summed E-state index contributed by atoms with van der Waals surface area (Å²) in [4.78, 5) is 7.64. The van der Waals surface area contributed by atoms with E-state index in [4.69, 9.17) is 9.52 Å². The molecule has 17 heavy (non-hydrogen) atoms. The molecule has 0 amide bonds. The van der Waals surface area contributed by atoms with Crippen LogP contribution in [0.2, 0.25) is 0 Å². The van der Waals surface area contributed by atoms with Gasteiger partial charge in [0.1, 0.15) is 12.4 Å². The Kier molecular flexibility index (Phi) is 2.23. The third kappa shape index (κ3) is 1.72. The van der Waals surface area contributed by atoms with Crippen LogP contribution >= 0.6 is 0 Å². The molecule has 3 rings (SSSR count). The summed E-state index contributed by atoms with van der Waals surface area (Å²) in [7, 11) is 0. The normalized spacial score (nSPS) is 11.2. The minimum atomic E-state index is -0.0979. The molecule has 2 aromatic heterocycles. The van der Waals surface area contributed by atoms with Crippen molar-refractivity contribution < 1.29 is 9.52 Å². The SMILES string of the molecule is Cc1ccc2nc(-c3ccc(CO)o3)[nH]c2c1. The van der Waals surface area contributed by atoms with Gasteiger partial charge in [0.05, 0.1) is 11.0 Å². The van der Waals surface area contributed by atoms with Gasteiger partial charge in [-0.1, -0.05) is 6.07 Å². The van der Waals surface area contributed by atoms with E-state index >= 15 is 0 Å². The van der Waals surface area contributed by atoms with Crippen molar-refractivity contribution in [2.24, 2.45) is 0 Å². The van der Waals surface area contributed by atoms with Crippen molar-refractivity contribution in [1.29, 1.82) is 0 Å². The van der Waals surface area contributed by atoms with Gasteiger partial charge in [-0.3, -0.25) is 0 Å². The van der Waals surface area contributed by atoms with E-state index in [1.807, 2.05) is 25.1 Å². The van der Waals surface area contributed by atoms with Crippen molar-refractivity contribution in [3.05, 3.63) is 41.7 Å². The number of aliphatic hydroxyl groups is 1. The molecule has 4 nitrogen and oxygen atoms in total. The van der Waals surface area contributed by atoms with Gasteiger partial charge in [0.2, 0.25) is 0 Å². The highest BCUT2D eigenvalue weighted by Crippen LogP contribution is 2.23. The highest BCUT2D eigenvalue weighted by atomic mass is 16.4. The molecule has 3 aromatic rings. The molecule has 4 heteroatoms. The first-order valence-corrected chi connectivity index (χ1v) is 5.42. The van der Waals surface area contributed by atoms with Crippen molar-refractivity contribution >= 4 is 11.0 Å². The highest BCUT2D eigenvalue weighted by Gasteiger charge is 2.09. The van der Waals surface area contributed by atoms with E-state index in [1.165, 1.54) is 5.56 Å². The summed E-state index contributed by atoms with van der Waals surface area (Å²) in [6, 6.07) is 9.58. The van der Waals surface area contributed by atoms with Crippen molar-refractivity contribution in [1.82, 2.24) is 9.97 Å². The van der Waals surface area contributed by atoms with Gasteiger partial charge in [-0.25, -0.2) is 4.98 Å². The topological polar surface area (TPSA) is 62.1 Å². The van der Waals surface area contributed by atoms with E-state index < -0.39 is 0 Å². The lowest BCUT2D eigenvalue weighted by Crippen LogP contribution is -1.77. The Morgan fingerprint density at radius 1 is 1.29 bits per heavy atom. The molecule has 0 atom stereocenters. The van der Waals surface area contributed by atoms with Crippen LogP contribution < -0.4 is 0 Å². The van der Waals surface area contributed by atoms with Gasteiger partial charge in [-0.05, 0) is 36.8 Å². The molecule has 0 aliphatic heterocycles. The number of nitrogens with zero attached hydrogens (tertiary/aromatic N) is 1. The van der Waals surface area contributed by atoms with Gasteiger partial charge in [-0.15, -0.1) is 0 Å². The van der Waals surface area contributed by atoms with Crippen LogP contribution in [0.15, 0.2) is 34.7 Å². The fourth-order valence-corrected chi connectivity index (χ4v) is 1.83. The van der Waals surface area contributed by atoms with E-state index in [-0.39, 0.29) is 6.61 Å². The number of hydrogen-bond donors (Lipinski definition) is 2. The fourth-order valence-electron chi connectivity index (χ4n) is 1.83. The molecule has 0 aliphatic rings. The van der Waals surface area contributed by atoms with E-state index in [2.05, 4.69) is 9.97 Å². The number of aromatic amines is 1. The average molecular weight is 228 g/mol. The third-order valence-electron chi connectivity index (χ3n) is 2.69. The van der Waals surface area contributed by atoms with Crippen LogP contribution in [0.1, 0.15) is 11.3 Å². The second-order valence-corrected chi connectivity index (χ2v) is 4.03. The van der Waals surface area contributed by atoms with Gasteiger partial charge in [0, 0.05) is 0 Å². The van der Waals surface area contributed by atoms with Crippen LogP contribution in [-0.4, -0.2) is 15.1 Å². The van der Waals surface area contributed by atoms with Crippen molar-refractivity contribution in [2.75, 3.05) is 0 Å². The van der Waals surface area contributed by atoms with E-state index in [0.29, 0.717) is 17.3 Å². The molecular formula is C13H12N2O2. The average Bonchev–Trinajstić information content (AvgIpc) is 2.93. The molecule has 86 valence electrons. The number of aliphatic hydroxyl groups excluding tert-OH is 1. The first kappa shape index (κ1) is 10.1. The zero-order valence-electron chi connectivity index (χ0n) is 9.40. The van der Waals surface area contributed by atoms with Crippen LogP contribution in [0.3, 0.4) is 0 Å². The zero-order chi connectivity index (χ0) is 11.8. The van der Waals surface area contributed by atoms with Gasteiger partial charge in [0.15, 0.2) is 11.6 Å². The second-order valence-electron chi connectivity index (χ2n) is 4.03. The summed E-state index contributed by atoms with van der Waals surface area (Å²) in [5, 5.41) is 8.95. The van der Waals surface area contributed by atoms with Crippen LogP contribution in [-0.2, 0) is 6.61 Å². The van der Waals surface area contributed by atoms with Crippen LogP contribution in [0, 0.1) is 6.92 Å². The second kappa shape index (κ2) is 3.75. The molecule has 0 saturated heterocycles. The number of nitrogens with one attached hydrogen (secondary N) is 1. The number of benzene rings is 1. The smallest absolute Gasteiger partial charge is 0.174 e. The van der Waals surface area contributed by atoms with Crippen LogP contribution in [0.4, 0.5) is 0 Å². The van der Waals surface area contributed by atoms with Crippen LogP contribution in [0.25, 0.3) is 22.6 Å². The summed E-state index contributed by atoms with van der Waals surface area (Å²) in [5.41, 5.74) is 3.08. The van der Waals surface area contributed by atoms with Gasteiger partial charge < -0.3 is 14.5 Å². The molecule has 0 aliphatic carbocycles. The first-order chi connectivity index (χ1) is 8.26. The van der Waals surface area contributed by atoms with Gasteiger partial charge >= 0.3 is 0 Å². The number of H-pyrrole nitrogens is 1. The Bertz CT molecular complexity index is 667. The van der Waals surface area contributed by atoms with Gasteiger partial charge in [0.25, 0.3) is 0 Å². The lowest BCUT2D eigenvalue weighted by Gasteiger charge is -1.90. The standard InChI is InChI=1S/C13H12N2O2/c1-8-2-4-10-11(6-8)15-13(14-10)12-5-3-9(7-16)17-12/h2-6,16H,7H2,1H3,(H,14,15). The molecule has 2 N–H and O–H groups in total. The monoisotopic (exact) mass is 228 g/mol. The Hall–Kier alpha value is -2.07. The number of rotatable bonds is 2. The van der Waals surface area contributed by atoms with E-state index in [0.717, 1.165) is 11.0 Å². The number of hydrogen-bond acceptors (Lipinski definition) is 3. The highest BCUT2D eigenvalue weighted by molar-refractivity contribution is 5.79. The number of imidazole rings is 1. The summed E-state index contributed by atoms with van der Waals surface area (Å²) in [5.74, 6) is 1.87. The molecule has 0 unspecified atom stereocenters. The first-order valence-electron chi connectivity index (χ1n) is 5.42.